The van der Waals surface area contributed by atoms with Crippen LogP contribution in [0.25, 0.3) is 11.5 Å². The summed E-state index contributed by atoms with van der Waals surface area (Å²) in [4.78, 5) is 22.8. The third kappa shape index (κ3) is 2.57. The second-order valence-corrected chi connectivity index (χ2v) is 3.83. The van der Waals surface area contributed by atoms with Crippen LogP contribution in [0.2, 0.25) is 0 Å². The molecule has 0 saturated heterocycles. The highest BCUT2D eigenvalue weighted by molar-refractivity contribution is 5.49. The molecule has 2 heterocycles. The summed E-state index contributed by atoms with van der Waals surface area (Å²) in [7, 11) is 1.79. The highest BCUT2D eigenvalue weighted by atomic mass is 16.1. The second kappa shape index (κ2) is 4.88. The lowest BCUT2D eigenvalue weighted by Gasteiger charge is -2.03. The quantitative estimate of drug-likeness (QED) is 0.820. The number of aromatic nitrogens is 3. The van der Waals surface area contributed by atoms with Crippen molar-refractivity contribution >= 4 is 0 Å². The van der Waals surface area contributed by atoms with Crippen molar-refractivity contribution in [2.24, 2.45) is 0 Å². The summed E-state index contributed by atoms with van der Waals surface area (Å²) in [5.74, 6) is 0.499. The molecule has 0 atom stereocenters. The van der Waals surface area contributed by atoms with E-state index in [1.165, 1.54) is 0 Å². The van der Waals surface area contributed by atoms with Crippen molar-refractivity contribution in [1.29, 1.82) is 0 Å². The lowest BCUT2D eigenvalue weighted by atomic mass is 10.2. The third-order valence-electron chi connectivity index (χ3n) is 2.40. The molecule has 0 aliphatic rings. The Balaban J connectivity index is 2.41. The summed E-state index contributed by atoms with van der Waals surface area (Å²) in [6, 6.07) is 3.78. The molecule has 0 radical (unpaired) electrons. The highest BCUT2D eigenvalue weighted by Gasteiger charge is 2.05. The van der Waals surface area contributed by atoms with Gasteiger partial charge in [-0.25, -0.2) is 4.98 Å². The number of nitrogens with zero attached hydrogens (tertiary/aromatic N) is 2. The predicted molar refractivity (Wildman–Crippen MR) is 65.6 cm³/mol. The summed E-state index contributed by atoms with van der Waals surface area (Å²) in [5.41, 5.74) is 2.24. The maximum Gasteiger partial charge on any atom is 0.255 e. The number of aromatic amines is 1. The molecule has 0 spiro atoms. The van der Waals surface area contributed by atoms with Crippen LogP contribution in [0.4, 0.5) is 0 Å². The first-order valence-corrected chi connectivity index (χ1v) is 5.36. The molecule has 0 amide bonds. The maximum absolute atomic E-state index is 11.7. The van der Waals surface area contributed by atoms with Crippen LogP contribution < -0.4 is 10.9 Å². The largest absolute Gasteiger partial charge is 0.315 e. The Bertz CT molecular complexity index is 577. The molecule has 0 bridgehead atoms. The number of H-pyrrole nitrogens is 1. The Morgan fingerprint density at radius 1 is 1.41 bits per heavy atom. The topological polar surface area (TPSA) is 70.7 Å². The van der Waals surface area contributed by atoms with Gasteiger partial charge in [-0.1, -0.05) is 0 Å². The molecule has 0 fully saturated rings. The summed E-state index contributed by atoms with van der Waals surface area (Å²) in [6.45, 7) is 2.47. The molecule has 0 aromatic carbocycles. The highest BCUT2D eigenvalue weighted by Crippen LogP contribution is 2.10. The molecule has 17 heavy (non-hydrogen) atoms. The third-order valence-corrected chi connectivity index (χ3v) is 2.40. The summed E-state index contributed by atoms with van der Waals surface area (Å²) in [5, 5.41) is 2.92. The molecule has 0 saturated carbocycles. The monoisotopic (exact) mass is 230 g/mol. The number of hydrogen-bond donors (Lipinski definition) is 2. The maximum atomic E-state index is 11.7. The average Bonchev–Trinajstić information content (AvgIpc) is 2.32. The molecular weight excluding hydrogens is 216 g/mol. The van der Waals surface area contributed by atoms with Crippen LogP contribution in [0.15, 0.2) is 29.3 Å². The Morgan fingerprint density at radius 3 is 2.88 bits per heavy atom. The van der Waals surface area contributed by atoms with E-state index < -0.39 is 0 Å². The summed E-state index contributed by atoms with van der Waals surface area (Å²) >= 11 is 0. The first-order chi connectivity index (χ1) is 8.20. The van der Waals surface area contributed by atoms with E-state index in [0.717, 1.165) is 5.56 Å². The van der Waals surface area contributed by atoms with Crippen molar-refractivity contribution in [1.82, 2.24) is 20.3 Å². The van der Waals surface area contributed by atoms with Crippen molar-refractivity contribution in [3.05, 3.63) is 46.0 Å². The van der Waals surface area contributed by atoms with E-state index in [4.69, 9.17) is 0 Å². The van der Waals surface area contributed by atoms with Gasteiger partial charge in [-0.05, 0) is 31.7 Å². The molecule has 0 aliphatic carbocycles. The van der Waals surface area contributed by atoms with Crippen LogP contribution in [-0.4, -0.2) is 22.0 Å². The van der Waals surface area contributed by atoms with Crippen LogP contribution in [0.5, 0.6) is 0 Å². The Labute approximate surface area is 99.0 Å². The minimum absolute atomic E-state index is 0.132. The zero-order valence-corrected chi connectivity index (χ0v) is 9.82. The van der Waals surface area contributed by atoms with Gasteiger partial charge < -0.3 is 10.3 Å². The van der Waals surface area contributed by atoms with Crippen molar-refractivity contribution in [2.75, 3.05) is 7.05 Å². The zero-order chi connectivity index (χ0) is 12.3. The van der Waals surface area contributed by atoms with Gasteiger partial charge in [0.05, 0.1) is 0 Å². The van der Waals surface area contributed by atoms with Crippen LogP contribution in [0.1, 0.15) is 11.1 Å². The number of aryl methyl sites for hydroxylation is 1. The molecule has 0 unspecified atom stereocenters. The number of rotatable bonds is 3. The van der Waals surface area contributed by atoms with Crippen LogP contribution in [-0.2, 0) is 6.54 Å². The standard InChI is InChI=1S/C12H14N4O/c1-8-3-4-14-10(5-8)11-15-7-9(6-13-2)12(17)16-11/h3-5,7,13H,6H2,1-2H3,(H,15,16,17). The molecule has 5 nitrogen and oxygen atoms in total. The fourth-order valence-corrected chi connectivity index (χ4v) is 1.53. The lowest BCUT2D eigenvalue weighted by molar-refractivity contribution is 0.797. The fraction of sp³-hybridized carbons (Fsp3) is 0.250. The van der Waals surface area contributed by atoms with E-state index in [9.17, 15) is 4.79 Å². The van der Waals surface area contributed by atoms with Gasteiger partial charge >= 0.3 is 0 Å². The molecule has 2 aromatic rings. The van der Waals surface area contributed by atoms with Gasteiger partial charge in [0.25, 0.3) is 5.56 Å². The van der Waals surface area contributed by atoms with E-state index >= 15 is 0 Å². The van der Waals surface area contributed by atoms with E-state index in [1.807, 2.05) is 19.1 Å². The SMILES string of the molecule is CNCc1cnc(-c2cc(C)ccn2)[nH]c1=O. The van der Waals surface area contributed by atoms with Crippen LogP contribution >= 0.6 is 0 Å². The lowest BCUT2D eigenvalue weighted by Crippen LogP contribution is -2.19. The van der Waals surface area contributed by atoms with Gasteiger partial charge in [0.2, 0.25) is 0 Å². The van der Waals surface area contributed by atoms with Gasteiger partial charge in [0.15, 0.2) is 5.82 Å². The van der Waals surface area contributed by atoms with E-state index in [-0.39, 0.29) is 5.56 Å². The van der Waals surface area contributed by atoms with E-state index in [1.54, 1.807) is 19.4 Å². The Hall–Kier alpha value is -2.01. The van der Waals surface area contributed by atoms with Gasteiger partial charge in [0.1, 0.15) is 5.69 Å². The molecule has 88 valence electrons. The van der Waals surface area contributed by atoms with Crippen molar-refractivity contribution in [2.45, 2.75) is 13.5 Å². The van der Waals surface area contributed by atoms with E-state index in [0.29, 0.717) is 23.6 Å². The van der Waals surface area contributed by atoms with Gasteiger partial charge in [-0.2, -0.15) is 0 Å². The molecule has 2 aromatic heterocycles. The van der Waals surface area contributed by atoms with Crippen LogP contribution in [0.3, 0.4) is 0 Å². The van der Waals surface area contributed by atoms with E-state index in [2.05, 4.69) is 20.3 Å². The molecule has 2 rings (SSSR count). The zero-order valence-electron chi connectivity index (χ0n) is 9.82. The van der Waals surface area contributed by atoms with Gasteiger partial charge in [-0.15, -0.1) is 0 Å². The second-order valence-electron chi connectivity index (χ2n) is 3.83. The molecule has 0 aliphatic heterocycles. The van der Waals surface area contributed by atoms with Crippen molar-refractivity contribution < 1.29 is 0 Å². The van der Waals surface area contributed by atoms with Gasteiger partial charge in [-0.3, -0.25) is 9.78 Å². The van der Waals surface area contributed by atoms with Crippen molar-refractivity contribution in [3.63, 3.8) is 0 Å². The normalized spacial score (nSPS) is 10.5. The smallest absolute Gasteiger partial charge is 0.255 e. The number of nitrogens with one attached hydrogen (secondary N) is 2. The minimum Gasteiger partial charge on any atom is -0.315 e. The molecule has 5 heteroatoms. The average molecular weight is 230 g/mol. The van der Waals surface area contributed by atoms with Gasteiger partial charge in [0, 0.05) is 24.5 Å². The number of pyridine rings is 1. The Morgan fingerprint density at radius 2 is 2.24 bits per heavy atom. The molecule has 2 N–H and O–H groups in total. The summed E-state index contributed by atoms with van der Waals surface area (Å²) in [6.07, 6.45) is 3.28. The first-order valence-electron chi connectivity index (χ1n) is 5.36. The molecular formula is C12H14N4O. The fourth-order valence-electron chi connectivity index (χ4n) is 1.53. The first kappa shape index (κ1) is 11.5. The van der Waals surface area contributed by atoms with Crippen molar-refractivity contribution in [3.8, 4) is 11.5 Å². The number of hydrogen-bond acceptors (Lipinski definition) is 4. The van der Waals surface area contributed by atoms with Crippen LogP contribution in [0, 0.1) is 6.92 Å². The summed E-state index contributed by atoms with van der Waals surface area (Å²) < 4.78 is 0. The predicted octanol–water partition coefficient (Wildman–Crippen LogP) is 0.860. The minimum atomic E-state index is -0.132. The Kier molecular flexibility index (Phi) is 3.30.